The number of rotatable bonds is 2. The zero-order valence-corrected chi connectivity index (χ0v) is 9.30. The standard InChI is InChI=1S/C13H11FN2O/c1-10(17)16(13-7-2-3-8-15-13)12-6-4-5-11(14)9-12/h2-9H,1H3. The minimum Gasteiger partial charge on any atom is -0.274 e. The average molecular weight is 230 g/mol. The molecule has 3 nitrogen and oxygen atoms in total. The van der Waals surface area contributed by atoms with Crippen LogP contribution >= 0.6 is 0 Å². The van der Waals surface area contributed by atoms with Gasteiger partial charge in [-0.05, 0) is 30.3 Å². The van der Waals surface area contributed by atoms with Crippen LogP contribution in [0.15, 0.2) is 48.7 Å². The van der Waals surface area contributed by atoms with Gasteiger partial charge < -0.3 is 0 Å². The Labute approximate surface area is 98.5 Å². The Morgan fingerprint density at radius 3 is 2.65 bits per heavy atom. The maximum absolute atomic E-state index is 13.1. The van der Waals surface area contributed by atoms with Crippen molar-refractivity contribution in [2.24, 2.45) is 0 Å². The lowest BCUT2D eigenvalue weighted by Crippen LogP contribution is -2.23. The molecular weight excluding hydrogens is 219 g/mol. The summed E-state index contributed by atoms with van der Waals surface area (Å²) in [5.41, 5.74) is 0.469. The Morgan fingerprint density at radius 1 is 1.24 bits per heavy atom. The van der Waals surface area contributed by atoms with Crippen LogP contribution in [0.1, 0.15) is 6.92 Å². The van der Waals surface area contributed by atoms with E-state index < -0.39 is 0 Å². The van der Waals surface area contributed by atoms with Gasteiger partial charge in [-0.3, -0.25) is 9.69 Å². The summed E-state index contributed by atoms with van der Waals surface area (Å²) >= 11 is 0. The highest BCUT2D eigenvalue weighted by Crippen LogP contribution is 2.23. The zero-order chi connectivity index (χ0) is 12.3. The van der Waals surface area contributed by atoms with E-state index in [0.717, 1.165) is 0 Å². The number of halogens is 1. The van der Waals surface area contributed by atoms with Gasteiger partial charge in [-0.2, -0.15) is 0 Å². The molecule has 0 radical (unpaired) electrons. The van der Waals surface area contributed by atoms with Crippen LogP contribution < -0.4 is 4.90 Å². The molecule has 0 saturated carbocycles. The van der Waals surface area contributed by atoms with Crippen LogP contribution in [-0.4, -0.2) is 10.9 Å². The molecule has 0 N–H and O–H groups in total. The molecule has 2 aromatic rings. The van der Waals surface area contributed by atoms with Gasteiger partial charge in [-0.1, -0.05) is 12.1 Å². The minimum atomic E-state index is -0.385. The van der Waals surface area contributed by atoms with E-state index in [9.17, 15) is 9.18 Å². The van der Waals surface area contributed by atoms with Crippen LogP contribution in [0.25, 0.3) is 0 Å². The molecule has 1 heterocycles. The summed E-state index contributed by atoms with van der Waals surface area (Å²) in [6.45, 7) is 1.42. The van der Waals surface area contributed by atoms with Gasteiger partial charge in [0.1, 0.15) is 11.6 Å². The first-order valence-corrected chi connectivity index (χ1v) is 5.16. The Kier molecular flexibility index (Phi) is 3.14. The lowest BCUT2D eigenvalue weighted by Gasteiger charge is -2.19. The maximum Gasteiger partial charge on any atom is 0.229 e. The molecule has 0 spiro atoms. The molecule has 1 amide bonds. The number of anilines is 2. The monoisotopic (exact) mass is 230 g/mol. The fourth-order valence-electron chi connectivity index (χ4n) is 1.58. The van der Waals surface area contributed by atoms with Gasteiger partial charge in [0.15, 0.2) is 0 Å². The van der Waals surface area contributed by atoms with Gasteiger partial charge in [0.25, 0.3) is 0 Å². The Bertz CT molecular complexity index is 528. The van der Waals surface area contributed by atoms with E-state index in [4.69, 9.17) is 0 Å². The van der Waals surface area contributed by atoms with Crippen molar-refractivity contribution < 1.29 is 9.18 Å². The van der Waals surface area contributed by atoms with E-state index in [1.807, 2.05) is 0 Å². The smallest absolute Gasteiger partial charge is 0.229 e. The summed E-state index contributed by atoms with van der Waals surface area (Å²) in [4.78, 5) is 17.1. The number of hydrogen-bond donors (Lipinski definition) is 0. The molecule has 86 valence electrons. The van der Waals surface area contributed by atoms with Crippen LogP contribution in [0.4, 0.5) is 15.9 Å². The van der Waals surface area contributed by atoms with Gasteiger partial charge in [0.2, 0.25) is 5.91 Å². The summed E-state index contributed by atoms with van der Waals surface area (Å²) in [5, 5.41) is 0. The molecular formula is C13H11FN2O. The predicted molar refractivity (Wildman–Crippen MR) is 63.5 cm³/mol. The van der Waals surface area contributed by atoms with Crippen LogP contribution in [-0.2, 0) is 4.79 Å². The Balaban J connectivity index is 2.47. The number of carbonyl (C=O) groups is 1. The van der Waals surface area contributed by atoms with E-state index in [-0.39, 0.29) is 11.7 Å². The SMILES string of the molecule is CC(=O)N(c1cccc(F)c1)c1ccccn1. The third-order valence-corrected chi connectivity index (χ3v) is 2.26. The number of pyridine rings is 1. The molecule has 0 atom stereocenters. The van der Waals surface area contributed by atoms with Crippen molar-refractivity contribution in [3.63, 3.8) is 0 Å². The summed E-state index contributed by atoms with van der Waals surface area (Å²) < 4.78 is 13.1. The molecule has 1 aromatic heterocycles. The third kappa shape index (κ3) is 2.47. The fraction of sp³-hybridized carbons (Fsp3) is 0.0769. The second kappa shape index (κ2) is 4.74. The van der Waals surface area contributed by atoms with Crippen LogP contribution in [0, 0.1) is 5.82 Å². The van der Waals surface area contributed by atoms with Crippen molar-refractivity contribution >= 4 is 17.4 Å². The molecule has 0 aliphatic carbocycles. The van der Waals surface area contributed by atoms with Crippen LogP contribution in [0.2, 0.25) is 0 Å². The second-order valence-electron chi connectivity index (χ2n) is 3.52. The summed E-state index contributed by atoms with van der Waals surface area (Å²) in [7, 11) is 0. The highest BCUT2D eigenvalue weighted by molar-refractivity contribution is 5.97. The topological polar surface area (TPSA) is 33.2 Å². The van der Waals surface area contributed by atoms with Gasteiger partial charge >= 0.3 is 0 Å². The summed E-state index contributed by atoms with van der Waals surface area (Å²) in [6.07, 6.45) is 1.59. The first-order chi connectivity index (χ1) is 8.18. The molecule has 1 aromatic carbocycles. The van der Waals surface area contributed by atoms with Gasteiger partial charge in [-0.15, -0.1) is 0 Å². The van der Waals surface area contributed by atoms with Crippen molar-refractivity contribution in [2.75, 3.05) is 4.90 Å². The van der Waals surface area contributed by atoms with Crippen molar-refractivity contribution in [1.29, 1.82) is 0 Å². The molecule has 17 heavy (non-hydrogen) atoms. The molecule has 4 heteroatoms. The average Bonchev–Trinajstić information content (AvgIpc) is 2.30. The molecule has 0 fully saturated rings. The molecule has 0 bridgehead atoms. The molecule has 0 unspecified atom stereocenters. The lowest BCUT2D eigenvalue weighted by molar-refractivity contribution is -0.115. The summed E-state index contributed by atoms with van der Waals surface area (Å²) in [5.74, 6) is -0.121. The predicted octanol–water partition coefficient (Wildman–Crippen LogP) is 2.91. The second-order valence-corrected chi connectivity index (χ2v) is 3.52. The molecule has 2 rings (SSSR count). The van der Waals surface area contributed by atoms with Crippen molar-refractivity contribution in [3.05, 3.63) is 54.5 Å². The zero-order valence-electron chi connectivity index (χ0n) is 9.30. The summed E-state index contributed by atoms with van der Waals surface area (Å²) in [6, 6.07) is 11.1. The normalized spacial score (nSPS) is 10.0. The fourth-order valence-corrected chi connectivity index (χ4v) is 1.58. The Hall–Kier alpha value is -2.23. The van der Waals surface area contributed by atoms with E-state index in [1.165, 1.54) is 24.0 Å². The highest BCUT2D eigenvalue weighted by Gasteiger charge is 2.15. The quantitative estimate of drug-likeness (QED) is 0.794. The lowest BCUT2D eigenvalue weighted by atomic mass is 10.2. The van der Waals surface area contributed by atoms with Crippen molar-refractivity contribution in [1.82, 2.24) is 4.98 Å². The minimum absolute atomic E-state index is 0.214. The number of nitrogens with zero attached hydrogens (tertiary/aromatic N) is 2. The van der Waals surface area contributed by atoms with Gasteiger partial charge in [-0.25, -0.2) is 9.37 Å². The Morgan fingerprint density at radius 2 is 2.06 bits per heavy atom. The number of benzene rings is 1. The van der Waals surface area contributed by atoms with Crippen molar-refractivity contribution in [2.45, 2.75) is 6.92 Å². The number of aromatic nitrogens is 1. The van der Waals surface area contributed by atoms with E-state index in [2.05, 4.69) is 4.98 Å². The largest absolute Gasteiger partial charge is 0.274 e. The number of carbonyl (C=O) groups excluding carboxylic acids is 1. The molecule has 0 aliphatic rings. The van der Waals surface area contributed by atoms with E-state index in [1.54, 1.807) is 36.5 Å². The third-order valence-electron chi connectivity index (χ3n) is 2.26. The molecule has 0 saturated heterocycles. The van der Waals surface area contributed by atoms with Crippen LogP contribution in [0.5, 0.6) is 0 Å². The van der Waals surface area contributed by atoms with Gasteiger partial charge in [0, 0.05) is 13.1 Å². The number of amides is 1. The van der Waals surface area contributed by atoms with Crippen molar-refractivity contribution in [3.8, 4) is 0 Å². The van der Waals surface area contributed by atoms with E-state index in [0.29, 0.717) is 11.5 Å². The van der Waals surface area contributed by atoms with Crippen LogP contribution in [0.3, 0.4) is 0 Å². The number of hydrogen-bond acceptors (Lipinski definition) is 2. The van der Waals surface area contributed by atoms with Gasteiger partial charge in [0.05, 0.1) is 5.69 Å². The van der Waals surface area contributed by atoms with E-state index >= 15 is 0 Å². The molecule has 0 aliphatic heterocycles. The highest BCUT2D eigenvalue weighted by atomic mass is 19.1. The first kappa shape index (κ1) is 11.3. The first-order valence-electron chi connectivity index (χ1n) is 5.16. The maximum atomic E-state index is 13.1.